The highest BCUT2D eigenvalue weighted by Crippen LogP contribution is 2.30. The number of thiocarbonyl (C=S) groups is 1. The minimum absolute atomic E-state index is 0.212. The summed E-state index contributed by atoms with van der Waals surface area (Å²) in [5, 5.41) is 4.79. The number of hydrogen-bond donors (Lipinski definition) is 1. The minimum Gasteiger partial charge on any atom is -0.349 e. The molecule has 2 aliphatic rings. The Hall–Kier alpha value is -1.33. The Balaban J connectivity index is 1.62. The number of piperidine rings is 2. The van der Waals surface area contributed by atoms with Crippen LogP contribution >= 0.6 is 23.8 Å². The number of hydrogen-bond acceptors (Lipinski definition) is 2. The predicted octanol–water partition coefficient (Wildman–Crippen LogP) is 4.15. The molecule has 2 heterocycles. The smallest absolute Gasteiger partial charge is 0.219 e. The number of nitrogens with zero attached hydrogens (tertiary/aromatic N) is 2. The molecule has 1 aromatic rings. The Morgan fingerprint density at radius 1 is 1.16 bits per heavy atom. The average molecular weight is 380 g/mol. The van der Waals surface area contributed by atoms with Crippen LogP contribution in [0.25, 0.3) is 0 Å². The molecule has 1 aromatic carbocycles. The van der Waals surface area contributed by atoms with Gasteiger partial charge in [0.25, 0.3) is 0 Å². The molecule has 2 saturated heterocycles. The van der Waals surface area contributed by atoms with Gasteiger partial charge in [0.15, 0.2) is 5.11 Å². The van der Waals surface area contributed by atoms with Gasteiger partial charge in [-0.2, -0.15) is 0 Å². The van der Waals surface area contributed by atoms with Crippen molar-refractivity contribution in [2.75, 3.05) is 25.0 Å². The lowest BCUT2D eigenvalue weighted by atomic mass is 9.84. The lowest BCUT2D eigenvalue weighted by Gasteiger charge is -2.44. The summed E-state index contributed by atoms with van der Waals surface area (Å²) in [6.45, 7) is 4.51. The van der Waals surface area contributed by atoms with E-state index in [-0.39, 0.29) is 5.91 Å². The molecule has 1 amide bonds. The van der Waals surface area contributed by atoms with E-state index in [0.717, 1.165) is 54.7 Å². The zero-order chi connectivity index (χ0) is 17.8. The van der Waals surface area contributed by atoms with Gasteiger partial charge in [-0.15, -0.1) is 0 Å². The van der Waals surface area contributed by atoms with Gasteiger partial charge in [0.1, 0.15) is 0 Å². The van der Waals surface area contributed by atoms with Crippen LogP contribution in [0.2, 0.25) is 5.02 Å². The molecule has 0 radical (unpaired) electrons. The molecule has 2 aliphatic heterocycles. The van der Waals surface area contributed by atoms with E-state index in [0.29, 0.717) is 12.0 Å². The van der Waals surface area contributed by atoms with E-state index in [2.05, 4.69) is 15.1 Å². The van der Waals surface area contributed by atoms with E-state index >= 15 is 0 Å². The van der Waals surface area contributed by atoms with E-state index in [9.17, 15) is 4.79 Å². The Morgan fingerprint density at radius 3 is 2.64 bits per heavy atom. The second kappa shape index (κ2) is 8.37. The fourth-order valence-electron chi connectivity index (χ4n) is 4.08. The van der Waals surface area contributed by atoms with Crippen LogP contribution < -0.4 is 5.32 Å². The fourth-order valence-corrected chi connectivity index (χ4v) is 4.49. The summed E-state index contributed by atoms with van der Waals surface area (Å²) in [5.74, 6) is 0.714. The van der Waals surface area contributed by atoms with Crippen LogP contribution in [-0.2, 0) is 4.79 Å². The number of nitrogens with one attached hydrogen (secondary N) is 1. The lowest BCUT2D eigenvalue weighted by molar-refractivity contribution is -0.134. The van der Waals surface area contributed by atoms with Gasteiger partial charge < -0.3 is 15.1 Å². The fraction of sp³-hybridized carbons (Fsp3) is 0.579. The zero-order valence-corrected chi connectivity index (χ0v) is 16.3. The van der Waals surface area contributed by atoms with E-state index in [1.54, 1.807) is 6.92 Å². The first-order valence-corrected chi connectivity index (χ1v) is 9.92. The standard InChI is InChI=1S/C19H26ClN3OS/c1-14(24)23-12-3-2-6-18(23)15-5-4-11-22(13-15)19(25)21-17-9-7-16(20)8-10-17/h7-10,15,18H,2-6,11-13H2,1H3,(H,21,25)/t15-,18+/m0/s1. The summed E-state index contributed by atoms with van der Waals surface area (Å²) in [7, 11) is 0. The molecule has 0 saturated carbocycles. The second-order valence-electron chi connectivity index (χ2n) is 7.06. The highest BCUT2D eigenvalue weighted by Gasteiger charge is 2.34. The lowest BCUT2D eigenvalue weighted by Crippen LogP contribution is -2.52. The molecule has 0 aromatic heterocycles. The third-order valence-corrected chi connectivity index (χ3v) is 5.95. The third kappa shape index (κ3) is 4.64. The van der Waals surface area contributed by atoms with Crippen molar-refractivity contribution < 1.29 is 4.79 Å². The number of carbonyl (C=O) groups excluding carboxylic acids is 1. The average Bonchev–Trinajstić information content (AvgIpc) is 2.63. The van der Waals surface area contributed by atoms with Crippen LogP contribution in [-0.4, -0.2) is 46.5 Å². The van der Waals surface area contributed by atoms with Crippen molar-refractivity contribution in [1.82, 2.24) is 9.80 Å². The Bertz CT molecular complexity index is 622. The summed E-state index contributed by atoms with van der Waals surface area (Å²) >= 11 is 11.6. The topological polar surface area (TPSA) is 35.6 Å². The van der Waals surface area contributed by atoms with Crippen LogP contribution in [0.4, 0.5) is 5.69 Å². The summed E-state index contributed by atoms with van der Waals surface area (Å²) < 4.78 is 0. The molecule has 6 heteroatoms. The van der Waals surface area contributed by atoms with E-state index in [1.165, 1.54) is 12.8 Å². The first-order chi connectivity index (χ1) is 12.0. The van der Waals surface area contributed by atoms with Crippen molar-refractivity contribution in [3.8, 4) is 0 Å². The Labute approximate surface area is 160 Å². The van der Waals surface area contributed by atoms with Crippen molar-refractivity contribution in [3.05, 3.63) is 29.3 Å². The quantitative estimate of drug-likeness (QED) is 0.783. The normalized spacial score (nSPS) is 24.1. The van der Waals surface area contributed by atoms with Gasteiger partial charge in [-0.25, -0.2) is 0 Å². The van der Waals surface area contributed by atoms with Crippen molar-refractivity contribution in [1.29, 1.82) is 0 Å². The monoisotopic (exact) mass is 379 g/mol. The number of halogens is 1. The molecule has 0 bridgehead atoms. The molecular weight excluding hydrogens is 354 g/mol. The summed E-state index contributed by atoms with van der Waals surface area (Å²) in [5.41, 5.74) is 0.958. The van der Waals surface area contributed by atoms with Crippen molar-refractivity contribution >= 4 is 40.5 Å². The van der Waals surface area contributed by atoms with Crippen LogP contribution in [0.15, 0.2) is 24.3 Å². The molecular formula is C19H26ClN3OS. The summed E-state index contributed by atoms with van der Waals surface area (Å²) in [4.78, 5) is 16.3. The van der Waals surface area contributed by atoms with Gasteiger partial charge in [0, 0.05) is 43.3 Å². The van der Waals surface area contributed by atoms with Gasteiger partial charge >= 0.3 is 0 Å². The molecule has 4 nitrogen and oxygen atoms in total. The van der Waals surface area contributed by atoms with E-state index in [1.807, 2.05) is 24.3 Å². The maximum Gasteiger partial charge on any atom is 0.219 e. The van der Waals surface area contributed by atoms with Crippen molar-refractivity contribution in [2.24, 2.45) is 5.92 Å². The minimum atomic E-state index is 0.212. The van der Waals surface area contributed by atoms with Gasteiger partial charge in [-0.3, -0.25) is 4.79 Å². The maximum atomic E-state index is 12.0. The van der Waals surface area contributed by atoms with E-state index < -0.39 is 0 Å². The maximum absolute atomic E-state index is 12.0. The summed E-state index contributed by atoms with van der Waals surface area (Å²) in [6, 6.07) is 7.97. The number of benzene rings is 1. The number of rotatable bonds is 2. The first kappa shape index (κ1) is 18.5. The predicted molar refractivity (Wildman–Crippen MR) is 107 cm³/mol. The Kier molecular flexibility index (Phi) is 6.18. The molecule has 2 fully saturated rings. The molecule has 2 atom stereocenters. The van der Waals surface area contributed by atoms with Crippen molar-refractivity contribution in [3.63, 3.8) is 0 Å². The van der Waals surface area contributed by atoms with Crippen LogP contribution in [0, 0.1) is 5.92 Å². The number of carbonyl (C=O) groups is 1. The molecule has 3 rings (SSSR count). The molecule has 0 spiro atoms. The molecule has 0 unspecified atom stereocenters. The summed E-state index contributed by atoms with van der Waals surface area (Å²) in [6.07, 6.45) is 5.76. The van der Waals surface area contributed by atoms with Gasteiger partial charge in [-0.1, -0.05) is 11.6 Å². The van der Waals surface area contributed by atoms with Gasteiger partial charge in [-0.05, 0) is 74.5 Å². The zero-order valence-electron chi connectivity index (χ0n) is 14.7. The highest BCUT2D eigenvalue weighted by atomic mass is 35.5. The first-order valence-electron chi connectivity index (χ1n) is 9.13. The second-order valence-corrected chi connectivity index (χ2v) is 7.88. The van der Waals surface area contributed by atoms with Gasteiger partial charge in [0.2, 0.25) is 5.91 Å². The van der Waals surface area contributed by atoms with Crippen LogP contribution in [0.1, 0.15) is 39.0 Å². The number of likely N-dealkylation sites (tertiary alicyclic amines) is 2. The number of amides is 1. The number of anilines is 1. The van der Waals surface area contributed by atoms with Crippen LogP contribution in [0.5, 0.6) is 0 Å². The molecule has 0 aliphatic carbocycles. The molecule has 1 N–H and O–H groups in total. The van der Waals surface area contributed by atoms with E-state index in [4.69, 9.17) is 23.8 Å². The third-order valence-electron chi connectivity index (χ3n) is 5.34. The Morgan fingerprint density at radius 2 is 1.92 bits per heavy atom. The van der Waals surface area contributed by atoms with Gasteiger partial charge in [0.05, 0.1) is 0 Å². The highest BCUT2D eigenvalue weighted by molar-refractivity contribution is 7.80. The molecule has 136 valence electrons. The van der Waals surface area contributed by atoms with Crippen molar-refractivity contribution in [2.45, 2.75) is 45.1 Å². The largest absolute Gasteiger partial charge is 0.349 e. The van der Waals surface area contributed by atoms with Crippen LogP contribution in [0.3, 0.4) is 0 Å². The molecule has 25 heavy (non-hydrogen) atoms. The SMILES string of the molecule is CC(=O)N1CCCC[C@@H]1[C@H]1CCCN(C(=S)Nc2ccc(Cl)cc2)C1.